The van der Waals surface area contributed by atoms with Crippen LogP contribution in [-0.2, 0) is 6.54 Å². The van der Waals surface area contributed by atoms with Crippen LogP contribution in [0.2, 0.25) is 5.02 Å². The van der Waals surface area contributed by atoms with Crippen LogP contribution in [0, 0.1) is 6.92 Å². The fourth-order valence-corrected chi connectivity index (χ4v) is 2.44. The Bertz CT molecular complexity index is 355. The highest BCUT2D eigenvalue weighted by atomic mass is 35.5. The molecule has 0 aliphatic rings. The number of nitrogens with one attached hydrogen (secondary N) is 1. The summed E-state index contributed by atoms with van der Waals surface area (Å²) in [6.45, 7) is 9.37. The molecular weight excluding hydrogens is 285 g/mol. The highest BCUT2D eigenvalue weighted by molar-refractivity contribution is 7.15. The molecular formula is C17H31ClNP. The van der Waals surface area contributed by atoms with Crippen molar-refractivity contribution in [3.8, 4) is 0 Å². The van der Waals surface area contributed by atoms with Crippen LogP contribution in [-0.4, -0.2) is 12.7 Å². The lowest BCUT2D eigenvalue weighted by Crippen LogP contribution is -2.27. The summed E-state index contributed by atoms with van der Waals surface area (Å²) in [4.78, 5) is 0. The van der Waals surface area contributed by atoms with E-state index in [1.54, 1.807) is 0 Å². The van der Waals surface area contributed by atoms with Gasteiger partial charge in [-0.05, 0) is 37.0 Å². The molecule has 0 aliphatic heterocycles. The number of rotatable bonds is 8. The van der Waals surface area contributed by atoms with Crippen molar-refractivity contribution in [2.75, 3.05) is 6.66 Å². The molecule has 0 bridgehead atoms. The predicted molar refractivity (Wildman–Crippen MR) is 96.9 cm³/mol. The minimum atomic E-state index is 0.619. The van der Waals surface area contributed by atoms with E-state index in [1.807, 2.05) is 12.7 Å². The molecule has 0 saturated heterocycles. The fourth-order valence-electron chi connectivity index (χ4n) is 2.14. The summed E-state index contributed by atoms with van der Waals surface area (Å²) < 4.78 is 0. The molecule has 20 heavy (non-hydrogen) atoms. The number of aryl methyl sites for hydroxylation is 1. The first kappa shape index (κ1) is 19.9. The Morgan fingerprint density at radius 2 is 1.90 bits per heavy atom. The highest BCUT2D eigenvalue weighted by Crippen LogP contribution is 2.18. The number of hydrogen-bond acceptors (Lipinski definition) is 1. The molecule has 116 valence electrons. The minimum Gasteiger partial charge on any atom is -0.310 e. The third kappa shape index (κ3) is 8.25. The molecule has 0 saturated carbocycles. The van der Waals surface area contributed by atoms with Gasteiger partial charge in [-0.15, -0.1) is 9.24 Å². The van der Waals surface area contributed by atoms with Gasteiger partial charge in [0.2, 0.25) is 0 Å². The molecule has 2 unspecified atom stereocenters. The monoisotopic (exact) mass is 315 g/mol. The van der Waals surface area contributed by atoms with E-state index in [0.29, 0.717) is 6.04 Å². The van der Waals surface area contributed by atoms with Gasteiger partial charge in [-0.2, -0.15) is 0 Å². The first-order valence-corrected chi connectivity index (χ1v) is 9.26. The first-order chi connectivity index (χ1) is 9.67. The lowest BCUT2D eigenvalue weighted by atomic mass is 10.1. The maximum Gasteiger partial charge on any atom is 0.0453 e. The number of hydrogen-bond donors (Lipinski definition) is 1. The largest absolute Gasteiger partial charge is 0.310 e. The van der Waals surface area contributed by atoms with E-state index in [4.69, 9.17) is 11.6 Å². The average Bonchev–Trinajstić information content (AvgIpc) is 2.46. The molecule has 1 aromatic rings. The fraction of sp³-hybridized carbons (Fsp3) is 0.647. The maximum absolute atomic E-state index is 6.24. The Morgan fingerprint density at radius 3 is 2.45 bits per heavy atom. The van der Waals surface area contributed by atoms with Gasteiger partial charge in [0.25, 0.3) is 0 Å². The van der Waals surface area contributed by atoms with Gasteiger partial charge in [0.15, 0.2) is 0 Å². The Labute approximate surface area is 133 Å². The zero-order valence-electron chi connectivity index (χ0n) is 13.5. The highest BCUT2D eigenvalue weighted by Gasteiger charge is 2.06. The van der Waals surface area contributed by atoms with Gasteiger partial charge in [0.1, 0.15) is 0 Å². The van der Waals surface area contributed by atoms with Crippen molar-refractivity contribution >= 4 is 20.8 Å². The van der Waals surface area contributed by atoms with Crippen LogP contribution in [0.3, 0.4) is 0 Å². The van der Waals surface area contributed by atoms with Crippen molar-refractivity contribution in [2.45, 2.75) is 65.5 Å². The zero-order chi connectivity index (χ0) is 15.4. The van der Waals surface area contributed by atoms with E-state index in [0.717, 1.165) is 11.6 Å². The number of unbranched alkanes of at least 4 members (excludes halogenated alkanes) is 2. The van der Waals surface area contributed by atoms with Crippen LogP contribution in [0.1, 0.15) is 57.1 Å². The first-order valence-electron chi connectivity index (χ1n) is 7.73. The van der Waals surface area contributed by atoms with Crippen molar-refractivity contribution in [3.63, 3.8) is 0 Å². The van der Waals surface area contributed by atoms with Crippen molar-refractivity contribution < 1.29 is 0 Å². The van der Waals surface area contributed by atoms with Crippen LogP contribution in [0.25, 0.3) is 0 Å². The van der Waals surface area contributed by atoms with Crippen molar-refractivity contribution in [3.05, 3.63) is 34.3 Å². The van der Waals surface area contributed by atoms with Gasteiger partial charge in [-0.1, -0.05) is 63.5 Å². The van der Waals surface area contributed by atoms with Gasteiger partial charge >= 0.3 is 0 Å². The molecule has 0 aromatic heterocycles. The Morgan fingerprint density at radius 1 is 1.20 bits per heavy atom. The molecule has 1 rings (SSSR count). The Balaban J connectivity index is 0.00000172. The molecule has 1 nitrogen and oxygen atoms in total. The average molecular weight is 316 g/mol. The van der Waals surface area contributed by atoms with E-state index < -0.39 is 0 Å². The number of benzene rings is 1. The molecule has 1 aromatic carbocycles. The van der Waals surface area contributed by atoms with Crippen LogP contribution < -0.4 is 5.32 Å². The third-order valence-corrected chi connectivity index (χ3v) is 3.79. The summed E-state index contributed by atoms with van der Waals surface area (Å²) >= 11 is 6.24. The number of halogens is 1. The minimum absolute atomic E-state index is 0.619. The lowest BCUT2D eigenvalue weighted by molar-refractivity contribution is 0.447. The standard InChI is InChI=1S/C16H26ClN.CH5P/c1-4-6-7-8-15(5-2)18-12-14-10-9-13(3)11-16(14)17;1-2/h9-11,15,18H,4-8,12H2,1-3H3;2H2,1H3. The second-order valence-electron chi connectivity index (χ2n) is 5.08. The van der Waals surface area contributed by atoms with Crippen LogP contribution in [0.15, 0.2) is 18.2 Å². The van der Waals surface area contributed by atoms with Gasteiger partial charge in [-0.25, -0.2) is 0 Å². The van der Waals surface area contributed by atoms with Gasteiger partial charge in [-0.3, -0.25) is 0 Å². The van der Waals surface area contributed by atoms with Crippen molar-refractivity contribution in [1.29, 1.82) is 0 Å². The molecule has 0 aliphatic carbocycles. The maximum atomic E-state index is 6.24. The summed E-state index contributed by atoms with van der Waals surface area (Å²) in [5.41, 5.74) is 2.43. The Kier molecular flexibility index (Phi) is 12.6. The summed E-state index contributed by atoms with van der Waals surface area (Å²) in [6.07, 6.45) is 6.41. The van der Waals surface area contributed by atoms with Crippen LogP contribution in [0.4, 0.5) is 0 Å². The normalized spacial score (nSPS) is 11.7. The van der Waals surface area contributed by atoms with Gasteiger partial charge < -0.3 is 5.32 Å². The van der Waals surface area contributed by atoms with Crippen LogP contribution >= 0.6 is 20.8 Å². The SMILES string of the molecule is CCCCCC(CC)NCc1ccc(C)cc1Cl.CP. The van der Waals surface area contributed by atoms with E-state index in [-0.39, 0.29) is 0 Å². The van der Waals surface area contributed by atoms with Gasteiger partial charge in [0.05, 0.1) is 0 Å². The molecule has 0 spiro atoms. The second-order valence-corrected chi connectivity index (χ2v) is 5.48. The van der Waals surface area contributed by atoms with Gasteiger partial charge in [0, 0.05) is 17.6 Å². The predicted octanol–water partition coefficient (Wildman–Crippen LogP) is 5.59. The van der Waals surface area contributed by atoms with E-state index in [1.165, 1.54) is 43.2 Å². The van der Waals surface area contributed by atoms with Crippen LogP contribution in [0.5, 0.6) is 0 Å². The smallest absolute Gasteiger partial charge is 0.0453 e. The summed E-state index contributed by atoms with van der Waals surface area (Å²) in [5.74, 6) is 0. The molecule has 2 atom stereocenters. The molecule has 1 N–H and O–H groups in total. The molecule has 0 fully saturated rings. The third-order valence-electron chi connectivity index (χ3n) is 3.44. The van der Waals surface area contributed by atoms with E-state index in [2.05, 4.69) is 47.5 Å². The van der Waals surface area contributed by atoms with E-state index in [9.17, 15) is 0 Å². The summed E-state index contributed by atoms with van der Waals surface area (Å²) in [7, 11) is 2.42. The Hall–Kier alpha value is -0.100. The molecule has 0 amide bonds. The second kappa shape index (κ2) is 12.6. The van der Waals surface area contributed by atoms with E-state index >= 15 is 0 Å². The zero-order valence-corrected chi connectivity index (χ0v) is 15.4. The lowest BCUT2D eigenvalue weighted by Gasteiger charge is -2.17. The summed E-state index contributed by atoms with van der Waals surface area (Å²) in [6, 6.07) is 6.91. The molecule has 0 heterocycles. The van der Waals surface area contributed by atoms with Crippen molar-refractivity contribution in [2.24, 2.45) is 0 Å². The van der Waals surface area contributed by atoms with Crippen molar-refractivity contribution in [1.82, 2.24) is 5.32 Å². The summed E-state index contributed by atoms with van der Waals surface area (Å²) in [5, 5.41) is 4.50. The topological polar surface area (TPSA) is 12.0 Å². The molecule has 0 radical (unpaired) electrons. The molecule has 3 heteroatoms. The quantitative estimate of drug-likeness (QED) is 0.487.